The van der Waals surface area contributed by atoms with Crippen molar-refractivity contribution in [1.29, 1.82) is 0 Å². The van der Waals surface area contributed by atoms with Gasteiger partial charge in [-0.15, -0.1) is 11.3 Å². The van der Waals surface area contributed by atoms with Crippen LogP contribution < -0.4 is 10.1 Å². The summed E-state index contributed by atoms with van der Waals surface area (Å²) in [5.41, 5.74) is 2.41. The zero-order valence-corrected chi connectivity index (χ0v) is 15.4. The van der Waals surface area contributed by atoms with Crippen LogP contribution in [0.3, 0.4) is 0 Å². The molecular formula is C18H15BrN2O2S. The second-order valence-electron chi connectivity index (χ2n) is 4.96. The predicted octanol–water partition coefficient (Wildman–Crippen LogP) is 5.22. The van der Waals surface area contributed by atoms with Gasteiger partial charge in [-0.2, -0.15) is 0 Å². The molecule has 0 unspecified atom stereocenters. The lowest BCUT2D eigenvalue weighted by Crippen LogP contribution is -2.11. The van der Waals surface area contributed by atoms with Gasteiger partial charge in [-0.3, -0.25) is 10.1 Å². The Morgan fingerprint density at radius 1 is 1.25 bits per heavy atom. The van der Waals surface area contributed by atoms with Gasteiger partial charge in [0.1, 0.15) is 5.75 Å². The Morgan fingerprint density at radius 2 is 2.04 bits per heavy atom. The number of halogens is 1. The molecule has 0 spiro atoms. The molecule has 4 nitrogen and oxygen atoms in total. The Morgan fingerprint density at radius 3 is 2.75 bits per heavy atom. The lowest BCUT2D eigenvalue weighted by Gasteiger charge is -2.05. The van der Waals surface area contributed by atoms with Gasteiger partial charge < -0.3 is 4.74 Å². The van der Waals surface area contributed by atoms with Crippen LogP contribution in [0.1, 0.15) is 17.3 Å². The van der Waals surface area contributed by atoms with Crippen LogP contribution >= 0.6 is 27.3 Å². The van der Waals surface area contributed by atoms with Gasteiger partial charge in [-0.05, 0) is 43.3 Å². The van der Waals surface area contributed by atoms with Crippen LogP contribution in [-0.2, 0) is 0 Å². The number of rotatable bonds is 5. The molecule has 3 aromatic rings. The first-order chi connectivity index (χ1) is 11.7. The molecule has 0 aliphatic carbocycles. The first kappa shape index (κ1) is 16.7. The van der Waals surface area contributed by atoms with Crippen LogP contribution in [0.5, 0.6) is 5.75 Å². The van der Waals surface area contributed by atoms with E-state index in [2.05, 4.69) is 26.2 Å². The quantitative estimate of drug-likeness (QED) is 0.635. The van der Waals surface area contributed by atoms with E-state index >= 15 is 0 Å². The summed E-state index contributed by atoms with van der Waals surface area (Å²) in [6, 6.07) is 14.9. The highest BCUT2D eigenvalue weighted by molar-refractivity contribution is 9.10. The van der Waals surface area contributed by atoms with E-state index < -0.39 is 0 Å². The summed E-state index contributed by atoms with van der Waals surface area (Å²) in [4.78, 5) is 16.8. The number of anilines is 1. The molecule has 24 heavy (non-hydrogen) atoms. The maximum Gasteiger partial charge on any atom is 0.257 e. The van der Waals surface area contributed by atoms with Crippen molar-refractivity contribution in [1.82, 2.24) is 4.98 Å². The Bertz CT molecular complexity index is 846. The van der Waals surface area contributed by atoms with Gasteiger partial charge in [0.15, 0.2) is 5.13 Å². The van der Waals surface area contributed by atoms with E-state index in [1.54, 1.807) is 24.3 Å². The summed E-state index contributed by atoms with van der Waals surface area (Å²) in [5, 5.41) is 5.33. The van der Waals surface area contributed by atoms with E-state index in [0.29, 0.717) is 17.3 Å². The maximum atomic E-state index is 12.3. The molecule has 2 aromatic carbocycles. The third-order valence-corrected chi connectivity index (χ3v) is 4.52. The molecule has 1 heterocycles. The number of amides is 1. The van der Waals surface area contributed by atoms with Crippen LogP contribution in [0.4, 0.5) is 5.13 Å². The van der Waals surface area contributed by atoms with Gasteiger partial charge in [0.2, 0.25) is 0 Å². The lowest BCUT2D eigenvalue weighted by molar-refractivity contribution is 0.102. The van der Waals surface area contributed by atoms with Crippen molar-refractivity contribution >= 4 is 38.3 Å². The minimum Gasteiger partial charge on any atom is -0.494 e. The van der Waals surface area contributed by atoms with Gasteiger partial charge in [-0.1, -0.05) is 28.1 Å². The van der Waals surface area contributed by atoms with Gasteiger partial charge in [0.05, 0.1) is 12.3 Å². The van der Waals surface area contributed by atoms with Crippen molar-refractivity contribution < 1.29 is 9.53 Å². The van der Waals surface area contributed by atoms with Crippen molar-refractivity contribution in [2.75, 3.05) is 11.9 Å². The standard InChI is InChI=1S/C18H15BrN2O2S/c1-2-23-15-8-6-12(7-9-15)17(22)21-18-20-16(11-24-18)13-4-3-5-14(19)10-13/h3-11H,2H2,1H3,(H,20,21,22). The number of hydrogen-bond acceptors (Lipinski definition) is 4. The topological polar surface area (TPSA) is 51.2 Å². The van der Waals surface area contributed by atoms with Crippen LogP contribution in [-0.4, -0.2) is 17.5 Å². The van der Waals surface area contributed by atoms with Gasteiger partial charge >= 0.3 is 0 Å². The molecule has 0 atom stereocenters. The third kappa shape index (κ3) is 4.01. The molecule has 0 fully saturated rings. The highest BCUT2D eigenvalue weighted by atomic mass is 79.9. The average Bonchev–Trinajstić information content (AvgIpc) is 3.04. The molecule has 122 valence electrons. The summed E-state index contributed by atoms with van der Waals surface area (Å²) in [7, 11) is 0. The Labute approximate surface area is 152 Å². The maximum absolute atomic E-state index is 12.3. The fourth-order valence-corrected chi connectivity index (χ4v) is 3.26. The minimum absolute atomic E-state index is 0.187. The molecule has 6 heteroatoms. The van der Waals surface area contributed by atoms with E-state index in [9.17, 15) is 4.79 Å². The summed E-state index contributed by atoms with van der Waals surface area (Å²) in [6.45, 7) is 2.52. The lowest BCUT2D eigenvalue weighted by atomic mass is 10.2. The van der Waals surface area contributed by atoms with Crippen LogP contribution in [0.25, 0.3) is 11.3 Å². The number of nitrogens with zero attached hydrogens (tertiary/aromatic N) is 1. The molecule has 0 aliphatic rings. The molecule has 3 rings (SSSR count). The summed E-state index contributed by atoms with van der Waals surface area (Å²) in [5.74, 6) is 0.563. The van der Waals surface area contributed by atoms with E-state index in [4.69, 9.17) is 4.74 Å². The molecule has 1 aromatic heterocycles. The first-order valence-corrected chi connectivity index (χ1v) is 9.08. The van der Waals surface area contributed by atoms with Crippen LogP contribution in [0.2, 0.25) is 0 Å². The van der Waals surface area contributed by atoms with Crippen LogP contribution in [0, 0.1) is 0 Å². The van der Waals surface area contributed by atoms with Gasteiger partial charge in [0.25, 0.3) is 5.91 Å². The SMILES string of the molecule is CCOc1ccc(C(=O)Nc2nc(-c3cccc(Br)c3)cs2)cc1. The number of nitrogens with one attached hydrogen (secondary N) is 1. The normalized spacial score (nSPS) is 10.4. The summed E-state index contributed by atoms with van der Waals surface area (Å²) >= 11 is 4.85. The molecule has 1 N–H and O–H groups in total. The van der Waals surface area contributed by atoms with E-state index in [1.807, 2.05) is 36.6 Å². The average molecular weight is 403 g/mol. The first-order valence-electron chi connectivity index (χ1n) is 7.41. The van der Waals surface area contributed by atoms with E-state index in [-0.39, 0.29) is 5.91 Å². The summed E-state index contributed by atoms with van der Waals surface area (Å²) in [6.07, 6.45) is 0. The number of hydrogen-bond donors (Lipinski definition) is 1. The molecule has 0 aliphatic heterocycles. The van der Waals surface area contributed by atoms with Gasteiger partial charge in [0, 0.05) is 21.0 Å². The van der Waals surface area contributed by atoms with Crippen LogP contribution in [0.15, 0.2) is 58.4 Å². The number of carbonyl (C=O) groups excluding carboxylic acids is 1. The monoisotopic (exact) mass is 402 g/mol. The Hall–Kier alpha value is -2.18. The fourth-order valence-electron chi connectivity index (χ4n) is 2.15. The molecule has 0 radical (unpaired) electrons. The van der Waals surface area contributed by atoms with Gasteiger partial charge in [-0.25, -0.2) is 4.98 Å². The largest absolute Gasteiger partial charge is 0.494 e. The van der Waals surface area contributed by atoms with Crippen molar-refractivity contribution in [3.63, 3.8) is 0 Å². The molecule has 0 saturated carbocycles. The van der Waals surface area contributed by atoms with E-state index in [1.165, 1.54) is 11.3 Å². The highest BCUT2D eigenvalue weighted by Gasteiger charge is 2.10. The van der Waals surface area contributed by atoms with Crippen molar-refractivity contribution in [3.05, 3.63) is 63.9 Å². The second-order valence-corrected chi connectivity index (χ2v) is 6.73. The molecule has 0 saturated heterocycles. The summed E-state index contributed by atoms with van der Waals surface area (Å²) < 4.78 is 6.37. The predicted molar refractivity (Wildman–Crippen MR) is 101 cm³/mol. The molecule has 0 bridgehead atoms. The minimum atomic E-state index is -0.187. The third-order valence-electron chi connectivity index (χ3n) is 3.27. The van der Waals surface area contributed by atoms with Crippen molar-refractivity contribution in [2.45, 2.75) is 6.92 Å². The zero-order chi connectivity index (χ0) is 16.9. The highest BCUT2D eigenvalue weighted by Crippen LogP contribution is 2.27. The number of thiazole rings is 1. The second kappa shape index (κ2) is 7.59. The number of benzene rings is 2. The number of aromatic nitrogens is 1. The fraction of sp³-hybridized carbons (Fsp3) is 0.111. The Kier molecular flexibility index (Phi) is 5.27. The zero-order valence-electron chi connectivity index (χ0n) is 13.0. The van der Waals surface area contributed by atoms with Crippen molar-refractivity contribution in [3.8, 4) is 17.0 Å². The van der Waals surface area contributed by atoms with E-state index in [0.717, 1.165) is 21.5 Å². The molecular weight excluding hydrogens is 388 g/mol. The number of carbonyl (C=O) groups is 1. The van der Waals surface area contributed by atoms with Crippen molar-refractivity contribution in [2.24, 2.45) is 0 Å². The smallest absolute Gasteiger partial charge is 0.257 e. The number of ether oxygens (including phenoxy) is 1. The molecule has 1 amide bonds. The Balaban J connectivity index is 1.71.